The van der Waals surface area contributed by atoms with Gasteiger partial charge in [-0.05, 0) is 31.0 Å². The van der Waals surface area contributed by atoms with Crippen molar-refractivity contribution in [3.63, 3.8) is 0 Å². The van der Waals surface area contributed by atoms with E-state index in [1.165, 1.54) is 0 Å². The van der Waals surface area contributed by atoms with Gasteiger partial charge in [-0.1, -0.05) is 122 Å². The SMILES string of the molecule is C=CC[C@H](Cc1ccccc1)S(=O)(=O)N(B(C)Cc1ccccc1)B(C)Cc1ccccc1. The van der Waals surface area contributed by atoms with E-state index in [4.69, 9.17) is 0 Å². The first-order valence-electron chi connectivity index (χ1n) is 11.7. The minimum absolute atomic E-state index is 0.167. The van der Waals surface area contributed by atoms with Crippen LogP contribution in [0.2, 0.25) is 13.6 Å². The molecule has 3 nitrogen and oxygen atoms in total. The molecule has 1 atom stereocenters. The molecular formula is C27H33B2NO2S. The Bertz CT molecular complexity index is 1050. The fourth-order valence-corrected chi connectivity index (χ4v) is 6.85. The quantitative estimate of drug-likeness (QED) is 0.262. The lowest BCUT2D eigenvalue weighted by Gasteiger charge is -2.34. The van der Waals surface area contributed by atoms with Crippen molar-refractivity contribution < 1.29 is 8.42 Å². The second-order valence-electron chi connectivity index (χ2n) is 8.79. The van der Waals surface area contributed by atoms with Crippen LogP contribution in [0.1, 0.15) is 23.1 Å². The molecule has 0 amide bonds. The summed E-state index contributed by atoms with van der Waals surface area (Å²) in [6.45, 7) is 7.58. The Morgan fingerprint density at radius 2 is 1.15 bits per heavy atom. The number of hydrogen-bond acceptors (Lipinski definition) is 2. The fourth-order valence-electron chi connectivity index (χ4n) is 4.57. The van der Waals surface area contributed by atoms with E-state index >= 15 is 0 Å². The minimum Gasteiger partial charge on any atom is -0.281 e. The maximum atomic E-state index is 14.2. The molecule has 0 aliphatic carbocycles. The minimum atomic E-state index is -3.60. The van der Waals surface area contributed by atoms with Gasteiger partial charge >= 0.3 is 0 Å². The van der Waals surface area contributed by atoms with Gasteiger partial charge in [0, 0.05) is 0 Å². The average molecular weight is 457 g/mol. The summed E-state index contributed by atoms with van der Waals surface area (Å²) in [5.74, 6) is 0. The van der Waals surface area contributed by atoms with E-state index in [9.17, 15) is 8.42 Å². The van der Waals surface area contributed by atoms with Gasteiger partial charge in [-0.25, -0.2) is 8.42 Å². The van der Waals surface area contributed by atoms with E-state index in [0.29, 0.717) is 25.5 Å². The first-order valence-corrected chi connectivity index (χ1v) is 13.2. The van der Waals surface area contributed by atoms with E-state index in [1.807, 2.05) is 80.4 Å². The van der Waals surface area contributed by atoms with Crippen molar-refractivity contribution in [2.45, 2.75) is 44.4 Å². The zero-order valence-corrected chi connectivity index (χ0v) is 20.5. The Labute approximate surface area is 200 Å². The Kier molecular flexibility index (Phi) is 9.16. The predicted molar refractivity (Wildman–Crippen MR) is 143 cm³/mol. The van der Waals surface area contributed by atoms with Crippen LogP contribution in [0, 0.1) is 0 Å². The van der Waals surface area contributed by atoms with E-state index in [2.05, 4.69) is 30.8 Å². The second-order valence-corrected chi connectivity index (χ2v) is 10.9. The molecule has 0 saturated heterocycles. The largest absolute Gasteiger partial charge is 0.281 e. The summed E-state index contributed by atoms with van der Waals surface area (Å²) in [6.07, 6.45) is 3.97. The highest BCUT2D eigenvalue weighted by molar-refractivity contribution is 7.92. The molecule has 0 saturated carbocycles. The van der Waals surface area contributed by atoms with Crippen molar-refractivity contribution in [3.05, 3.63) is 120 Å². The van der Waals surface area contributed by atoms with Gasteiger partial charge in [0.05, 0.1) is 5.25 Å². The van der Waals surface area contributed by atoms with Crippen LogP contribution >= 0.6 is 0 Å². The smallest absolute Gasteiger partial charge is 0.228 e. The first-order chi connectivity index (χ1) is 15.9. The number of nitrogens with zero attached hydrogens (tertiary/aromatic N) is 1. The van der Waals surface area contributed by atoms with Crippen molar-refractivity contribution in [2.75, 3.05) is 0 Å². The summed E-state index contributed by atoms with van der Waals surface area (Å²) in [5, 5.41) is -0.547. The molecule has 0 aromatic heterocycles. The molecule has 0 aliphatic rings. The first kappa shape index (κ1) is 25.1. The molecule has 170 valence electrons. The molecule has 0 aliphatic heterocycles. The van der Waals surface area contributed by atoms with Gasteiger partial charge in [0.1, 0.15) is 0 Å². The van der Waals surface area contributed by atoms with Gasteiger partial charge in [-0.3, -0.25) is 4.13 Å². The van der Waals surface area contributed by atoms with Gasteiger partial charge < -0.3 is 0 Å². The highest BCUT2D eigenvalue weighted by Crippen LogP contribution is 2.23. The van der Waals surface area contributed by atoms with Gasteiger partial charge in [0.25, 0.3) is 0 Å². The van der Waals surface area contributed by atoms with Crippen molar-refractivity contribution >= 4 is 23.7 Å². The standard InChI is InChI=1S/C27H33B2NO2S/c1-4-14-27(21-24-15-8-5-9-16-24)33(31,32)30(28(2)22-25-17-10-6-11-18-25)29(3)23-26-19-12-7-13-20-26/h4-13,15-20,27H,1,14,21-23H2,2-3H3/t27-/m1/s1. The topological polar surface area (TPSA) is 37.4 Å². The van der Waals surface area contributed by atoms with Crippen LogP contribution in [0.25, 0.3) is 0 Å². The Balaban J connectivity index is 1.94. The molecule has 0 heterocycles. The molecule has 0 radical (unpaired) electrons. The molecule has 3 rings (SSSR count). The van der Waals surface area contributed by atoms with Gasteiger partial charge in [-0.2, -0.15) is 0 Å². The Hall–Kier alpha value is -2.56. The van der Waals surface area contributed by atoms with Gasteiger partial charge in [0.2, 0.25) is 13.7 Å². The summed E-state index contributed by atoms with van der Waals surface area (Å²) in [4.78, 5) is 0. The number of benzene rings is 3. The van der Waals surface area contributed by atoms with E-state index < -0.39 is 15.3 Å². The second kappa shape index (κ2) is 12.1. The molecule has 0 bridgehead atoms. The van der Waals surface area contributed by atoms with Crippen LogP contribution in [0.5, 0.6) is 0 Å². The average Bonchev–Trinajstić information content (AvgIpc) is 2.80. The molecule has 6 heteroatoms. The van der Waals surface area contributed by atoms with Crippen LogP contribution in [0.4, 0.5) is 0 Å². The number of allylic oxidation sites excluding steroid dienone is 1. The van der Waals surface area contributed by atoms with Crippen LogP contribution in [0.3, 0.4) is 0 Å². The zero-order valence-electron chi connectivity index (χ0n) is 19.7. The number of sulfonamides is 1. The number of hydrogen-bond donors (Lipinski definition) is 0. The monoisotopic (exact) mass is 457 g/mol. The normalized spacial score (nSPS) is 12.3. The van der Waals surface area contributed by atoms with Crippen LogP contribution < -0.4 is 0 Å². The van der Waals surface area contributed by atoms with Crippen molar-refractivity contribution in [1.82, 2.24) is 4.13 Å². The van der Waals surface area contributed by atoms with Crippen LogP contribution in [-0.2, 0) is 29.1 Å². The van der Waals surface area contributed by atoms with Crippen LogP contribution in [0.15, 0.2) is 104 Å². The third-order valence-corrected chi connectivity index (χ3v) is 8.58. The highest BCUT2D eigenvalue weighted by atomic mass is 32.2. The highest BCUT2D eigenvalue weighted by Gasteiger charge is 2.39. The maximum Gasteiger partial charge on any atom is 0.228 e. The lowest BCUT2D eigenvalue weighted by Crippen LogP contribution is -2.55. The van der Waals surface area contributed by atoms with Gasteiger partial charge in [-0.15, -0.1) is 6.58 Å². The van der Waals surface area contributed by atoms with E-state index in [0.717, 1.165) is 16.7 Å². The molecule has 3 aromatic carbocycles. The summed E-state index contributed by atoms with van der Waals surface area (Å²) in [6, 6.07) is 30.1. The predicted octanol–water partition coefficient (Wildman–Crippen LogP) is 5.61. The molecule has 0 fully saturated rings. The lowest BCUT2D eigenvalue weighted by molar-refractivity contribution is 0.554. The van der Waals surface area contributed by atoms with Crippen molar-refractivity contribution in [1.29, 1.82) is 0 Å². The summed E-state index contributed by atoms with van der Waals surface area (Å²) in [5.41, 5.74) is 3.31. The lowest BCUT2D eigenvalue weighted by atomic mass is 9.48. The van der Waals surface area contributed by atoms with Gasteiger partial charge in [0.15, 0.2) is 10.0 Å². The molecule has 0 N–H and O–H groups in total. The third-order valence-electron chi connectivity index (χ3n) is 6.07. The van der Waals surface area contributed by atoms with Crippen LogP contribution in [-0.4, -0.2) is 31.5 Å². The fraction of sp³-hybridized carbons (Fsp3) is 0.259. The van der Waals surface area contributed by atoms with E-state index in [1.54, 1.807) is 10.2 Å². The summed E-state index contributed by atoms with van der Waals surface area (Å²) in [7, 11) is -3.60. The van der Waals surface area contributed by atoms with Crippen molar-refractivity contribution in [2.24, 2.45) is 0 Å². The molecule has 33 heavy (non-hydrogen) atoms. The van der Waals surface area contributed by atoms with Crippen molar-refractivity contribution in [3.8, 4) is 0 Å². The van der Waals surface area contributed by atoms with E-state index in [-0.39, 0.29) is 13.7 Å². The summed E-state index contributed by atoms with van der Waals surface area (Å²) >= 11 is 0. The Morgan fingerprint density at radius 3 is 1.55 bits per heavy atom. The summed E-state index contributed by atoms with van der Waals surface area (Å²) < 4.78 is 30.1. The third kappa shape index (κ3) is 6.96. The Morgan fingerprint density at radius 1 is 0.758 bits per heavy atom. The molecule has 0 unspecified atom stereocenters. The molecular weight excluding hydrogens is 424 g/mol. The molecule has 3 aromatic rings. The number of rotatable bonds is 12. The zero-order chi connectivity index (χ0) is 23.7. The molecule has 0 spiro atoms. The maximum absolute atomic E-state index is 14.2.